The van der Waals surface area contributed by atoms with Gasteiger partial charge in [0.1, 0.15) is 0 Å². The van der Waals surface area contributed by atoms with Crippen molar-refractivity contribution in [2.75, 3.05) is 23.3 Å². The molecule has 6 heteroatoms. The van der Waals surface area contributed by atoms with E-state index in [0.717, 1.165) is 48.4 Å². The molecule has 2 heterocycles. The highest BCUT2D eigenvalue weighted by Gasteiger charge is 2.25. The first-order chi connectivity index (χ1) is 13.6. The zero-order valence-corrected chi connectivity index (χ0v) is 16.5. The fourth-order valence-electron chi connectivity index (χ4n) is 3.91. The lowest BCUT2D eigenvalue weighted by Gasteiger charge is -2.30. The van der Waals surface area contributed by atoms with Crippen LogP contribution in [0, 0.1) is 5.92 Å². The first-order valence-corrected chi connectivity index (χ1v) is 10.2. The number of amides is 2. The molecule has 1 fully saturated rings. The second kappa shape index (κ2) is 8.33. The molecule has 2 aliphatic heterocycles. The zero-order chi connectivity index (χ0) is 19.5. The van der Waals surface area contributed by atoms with E-state index in [1.807, 2.05) is 47.4 Å². The highest BCUT2D eigenvalue weighted by atomic mass is 35.5. The predicted octanol–water partition coefficient (Wildman–Crippen LogP) is 3.76. The molecule has 0 saturated carbocycles. The van der Waals surface area contributed by atoms with Crippen LogP contribution in [0.25, 0.3) is 0 Å². The van der Waals surface area contributed by atoms with Crippen LogP contribution in [-0.4, -0.2) is 24.9 Å². The standard InChI is InChI=1S/C22H24ClN3O2/c23-18-4-1-15(2-5-18)14-26-20-7-6-19(13-17(20)3-8-21(26)27)25-22(28)16-9-11-24-12-10-16/h1-2,4-7,13,16,24H,3,8-12,14H2,(H,25,28). The molecule has 146 valence electrons. The minimum Gasteiger partial charge on any atom is -0.326 e. The molecule has 5 nitrogen and oxygen atoms in total. The second-order valence-electron chi connectivity index (χ2n) is 7.46. The summed E-state index contributed by atoms with van der Waals surface area (Å²) < 4.78 is 0. The number of hydrogen-bond donors (Lipinski definition) is 2. The Morgan fingerprint density at radius 2 is 1.86 bits per heavy atom. The Morgan fingerprint density at radius 3 is 2.61 bits per heavy atom. The van der Waals surface area contributed by atoms with E-state index in [1.54, 1.807) is 0 Å². The number of anilines is 2. The molecule has 0 aromatic heterocycles. The molecule has 2 amide bonds. The first-order valence-electron chi connectivity index (χ1n) is 9.79. The van der Waals surface area contributed by atoms with Crippen LogP contribution in [0.3, 0.4) is 0 Å². The van der Waals surface area contributed by atoms with Crippen LogP contribution in [0.5, 0.6) is 0 Å². The van der Waals surface area contributed by atoms with Gasteiger partial charge in [0.25, 0.3) is 0 Å². The first kappa shape index (κ1) is 19.0. The summed E-state index contributed by atoms with van der Waals surface area (Å²) in [4.78, 5) is 26.8. The second-order valence-corrected chi connectivity index (χ2v) is 7.90. The van der Waals surface area contributed by atoms with Crippen LogP contribution in [-0.2, 0) is 22.6 Å². The molecule has 2 N–H and O–H groups in total. The molecule has 0 bridgehead atoms. The van der Waals surface area contributed by atoms with Gasteiger partial charge in [-0.3, -0.25) is 9.59 Å². The van der Waals surface area contributed by atoms with Crippen LogP contribution in [0.4, 0.5) is 11.4 Å². The van der Waals surface area contributed by atoms with Gasteiger partial charge in [-0.15, -0.1) is 0 Å². The van der Waals surface area contributed by atoms with Crippen molar-refractivity contribution in [2.45, 2.75) is 32.2 Å². The summed E-state index contributed by atoms with van der Waals surface area (Å²) in [7, 11) is 0. The molecular formula is C22H24ClN3O2. The monoisotopic (exact) mass is 397 g/mol. The minimum atomic E-state index is 0.0697. The molecule has 28 heavy (non-hydrogen) atoms. The average molecular weight is 398 g/mol. The molecule has 1 saturated heterocycles. The van der Waals surface area contributed by atoms with Gasteiger partial charge in [0, 0.05) is 28.7 Å². The molecule has 0 unspecified atom stereocenters. The maximum atomic E-state index is 12.5. The average Bonchev–Trinajstić information content (AvgIpc) is 2.72. The predicted molar refractivity (Wildman–Crippen MR) is 112 cm³/mol. The number of aryl methyl sites for hydroxylation is 1. The number of hydrogen-bond acceptors (Lipinski definition) is 3. The summed E-state index contributed by atoms with van der Waals surface area (Å²) in [6.45, 7) is 2.30. The van der Waals surface area contributed by atoms with Gasteiger partial charge in [0.05, 0.1) is 6.54 Å². The lowest BCUT2D eigenvalue weighted by Crippen LogP contribution is -2.35. The van der Waals surface area contributed by atoms with Crippen LogP contribution in [0.1, 0.15) is 30.4 Å². The summed E-state index contributed by atoms with van der Waals surface area (Å²) >= 11 is 5.96. The number of nitrogens with zero attached hydrogens (tertiary/aromatic N) is 1. The van der Waals surface area contributed by atoms with Crippen molar-refractivity contribution in [2.24, 2.45) is 5.92 Å². The Labute approximate surface area is 170 Å². The normalized spacial score (nSPS) is 17.3. The minimum absolute atomic E-state index is 0.0697. The number of piperidine rings is 1. The van der Waals surface area contributed by atoms with Crippen molar-refractivity contribution >= 4 is 34.8 Å². The van der Waals surface area contributed by atoms with Crippen molar-refractivity contribution in [1.29, 1.82) is 0 Å². The van der Waals surface area contributed by atoms with Gasteiger partial charge < -0.3 is 15.5 Å². The fourth-order valence-corrected chi connectivity index (χ4v) is 4.04. The van der Waals surface area contributed by atoms with Crippen molar-refractivity contribution in [3.63, 3.8) is 0 Å². The van der Waals surface area contributed by atoms with Crippen molar-refractivity contribution in [1.82, 2.24) is 5.32 Å². The molecule has 2 aromatic carbocycles. The highest BCUT2D eigenvalue weighted by molar-refractivity contribution is 6.30. The summed E-state index contributed by atoms with van der Waals surface area (Å²) in [5, 5.41) is 7.02. The van der Waals surface area contributed by atoms with E-state index in [2.05, 4.69) is 10.6 Å². The summed E-state index contributed by atoms with van der Waals surface area (Å²) in [5.41, 5.74) is 3.86. The lowest BCUT2D eigenvalue weighted by molar-refractivity contribution is -0.120. The Kier molecular flexibility index (Phi) is 5.64. The third-order valence-electron chi connectivity index (χ3n) is 5.51. The number of halogens is 1. The van der Waals surface area contributed by atoms with Crippen LogP contribution in [0.15, 0.2) is 42.5 Å². The van der Waals surface area contributed by atoms with Crippen LogP contribution < -0.4 is 15.5 Å². The number of fused-ring (bicyclic) bond motifs is 1. The SMILES string of the molecule is O=C(Nc1ccc2c(c1)CCC(=O)N2Cc1ccc(Cl)cc1)C1CCNCC1. The molecule has 0 spiro atoms. The van der Waals surface area contributed by atoms with Crippen LogP contribution in [0.2, 0.25) is 5.02 Å². The molecule has 2 aliphatic rings. The third kappa shape index (κ3) is 4.21. The van der Waals surface area contributed by atoms with Gasteiger partial charge >= 0.3 is 0 Å². The third-order valence-corrected chi connectivity index (χ3v) is 5.76. The van der Waals surface area contributed by atoms with E-state index < -0.39 is 0 Å². The summed E-state index contributed by atoms with van der Waals surface area (Å²) in [6, 6.07) is 13.4. The van der Waals surface area contributed by atoms with Gasteiger partial charge in [-0.1, -0.05) is 23.7 Å². The molecule has 0 atom stereocenters. The van der Waals surface area contributed by atoms with Crippen molar-refractivity contribution in [3.05, 3.63) is 58.6 Å². The fraction of sp³-hybridized carbons (Fsp3) is 0.364. The van der Waals surface area contributed by atoms with E-state index >= 15 is 0 Å². The summed E-state index contributed by atoms with van der Waals surface area (Å²) in [5.74, 6) is 0.278. The maximum Gasteiger partial charge on any atom is 0.227 e. The maximum absolute atomic E-state index is 12.5. The van der Waals surface area contributed by atoms with E-state index in [4.69, 9.17) is 11.6 Å². The van der Waals surface area contributed by atoms with Crippen LogP contribution >= 0.6 is 11.6 Å². The number of rotatable bonds is 4. The van der Waals surface area contributed by atoms with Gasteiger partial charge in [0.2, 0.25) is 11.8 Å². The number of benzene rings is 2. The number of carbonyl (C=O) groups is 2. The van der Waals surface area contributed by atoms with Crippen molar-refractivity contribution < 1.29 is 9.59 Å². The molecule has 0 aliphatic carbocycles. The Morgan fingerprint density at radius 1 is 1.11 bits per heavy atom. The largest absolute Gasteiger partial charge is 0.326 e. The molecular weight excluding hydrogens is 374 g/mol. The lowest BCUT2D eigenvalue weighted by atomic mass is 9.96. The Balaban J connectivity index is 1.50. The Bertz CT molecular complexity index is 876. The topological polar surface area (TPSA) is 61.4 Å². The quantitative estimate of drug-likeness (QED) is 0.825. The van der Waals surface area contributed by atoms with Gasteiger partial charge in [-0.2, -0.15) is 0 Å². The van der Waals surface area contributed by atoms with E-state index in [1.165, 1.54) is 0 Å². The molecule has 0 radical (unpaired) electrons. The number of carbonyl (C=O) groups excluding carboxylic acids is 2. The smallest absolute Gasteiger partial charge is 0.227 e. The van der Waals surface area contributed by atoms with E-state index in [-0.39, 0.29) is 17.7 Å². The molecule has 4 rings (SSSR count). The zero-order valence-electron chi connectivity index (χ0n) is 15.7. The van der Waals surface area contributed by atoms with E-state index in [9.17, 15) is 9.59 Å². The van der Waals surface area contributed by atoms with Crippen molar-refractivity contribution in [3.8, 4) is 0 Å². The van der Waals surface area contributed by atoms with E-state index in [0.29, 0.717) is 24.4 Å². The van der Waals surface area contributed by atoms with Gasteiger partial charge in [0.15, 0.2) is 0 Å². The Hall–Kier alpha value is -2.37. The molecule has 2 aromatic rings. The van der Waals surface area contributed by atoms with Gasteiger partial charge in [-0.05, 0) is 73.8 Å². The number of nitrogens with one attached hydrogen (secondary N) is 2. The summed E-state index contributed by atoms with van der Waals surface area (Å²) in [6.07, 6.45) is 2.93. The highest BCUT2D eigenvalue weighted by Crippen LogP contribution is 2.32. The van der Waals surface area contributed by atoms with Gasteiger partial charge in [-0.25, -0.2) is 0 Å².